The summed E-state index contributed by atoms with van der Waals surface area (Å²) in [4.78, 5) is 2.31. The highest BCUT2D eigenvalue weighted by Crippen LogP contribution is 2.23. The smallest absolute Gasteiger partial charge is 0.128 e. The van der Waals surface area contributed by atoms with Gasteiger partial charge in [-0.05, 0) is 31.5 Å². The van der Waals surface area contributed by atoms with Gasteiger partial charge in [0.1, 0.15) is 5.82 Å². The van der Waals surface area contributed by atoms with Crippen LogP contribution in [-0.2, 0) is 13.1 Å². The lowest BCUT2D eigenvalue weighted by Gasteiger charge is -2.27. The zero-order valence-electron chi connectivity index (χ0n) is 11.9. The largest absolute Gasteiger partial charge is 0.326 e. The van der Waals surface area contributed by atoms with Crippen LogP contribution in [0.4, 0.5) is 4.39 Å². The maximum absolute atomic E-state index is 14.0. The minimum absolute atomic E-state index is 0.122. The van der Waals surface area contributed by atoms with Crippen LogP contribution >= 0.6 is 0 Å². The van der Waals surface area contributed by atoms with Gasteiger partial charge in [0.05, 0.1) is 0 Å². The molecule has 0 radical (unpaired) electrons. The number of hydrogen-bond acceptors (Lipinski definition) is 2. The Labute approximate surface area is 115 Å². The fraction of sp³-hybridized carbons (Fsp3) is 0.625. The Hall–Kier alpha value is -0.930. The molecule has 2 N–H and O–H groups in total. The average molecular weight is 264 g/mol. The highest BCUT2D eigenvalue weighted by Gasteiger charge is 2.18. The van der Waals surface area contributed by atoms with Gasteiger partial charge in [0.2, 0.25) is 0 Å². The molecule has 1 aromatic rings. The van der Waals surface area contributed by atoms with Crippen LogP contribution in [0.2, 0.25) is 0 Å². The van der Waals surface area contributed by atoms with Gasteiger partial charge < -0.3 is 5.73 Å². The number of hydrogen-bond donors (Lipinski definition) is 1. The van der Waals surface area contributed by atoms with Crippen LogP contribution in [-0.4, -0.2) is 18.0 Å². The Kier molecular flexibility index (Phi) is 5.34. The molecule has 2 rings (SSSR count). The molecule has 0 aromatic heterocycles. The number of nitrogens with two attached hydrogens (primary N) is 1. The molecule has 1 saturated carbocycles. The van der Waals surface area contributed by atoms with E-state index in [1.54, 1.807) is 6.07 Å². The summed E-state index contributed by atoms with van der Waals surface area (Å²) in [5.74, 6) is -0.122. The van der Waals surface area contributed by atoms with E-state index in [1.807, 2.05) is 12.1 Å². The summed E-state index contributed by atoms with van der Waals surface area (Å²) < 4.78 is 14.0. The minimum atomic E-state index is -0.122. The summed E-state index contributed by atoms with van der Waals surface area (Å²) in [7, 11) is 2.12. The van der Waals surface area contributed by atoms with E-state index < -0.39 is 0 Å². The number of nitrogens with zero attached hydrogens (tertiary/aromatic N) is 1. The van der Waals surface area contributed by atoms with Gasteiger partial charge in [-0.3, -0.25) is 4.90 Å². The number of halogens is 1. The van der Waals surface area contributed by atoms with Crippen molar-refractivity contribution in [3.05, 3.63) is 35.1 Å². The molecular formula is C16H25FN2. The summed E-state index contributed by atoms with van der Waals surface area (Å²) in [6.45, 7) is 1.09. The summed E-state index contributed by atoms with van der Waals surface area (Å²) >= 11 is 0. The average Bonchev–Trinajstić information content (AvgIpc) is 2.70. The molecule has 106 valence electrons. The van der Waals surface area contributed by atoms with Crippen molar-refractivity contribution in [2.45, 2.75) is 57.7 Å². The Balaban J connectivity index is 1.99. The number of rotatable bonds is 4. The topological polar surface area (TPSA) is 29.3 Å². The first-order valence-corrected chi connectivity index (χ1v) is 7.38. The molecule has 0 heterocycles. The van der Waals surface area contributed by atoms with Gasteiger partial charge in [-0.1, -0.05) is 37.8 Å². The van der Waals surface area contributed by atoms with Crippen molar-refractivity contribution in [3.63, 3.8) is 0 Å². The molecule has 1 aliphatic carbocycles. The third kappa shape index (κ3) is 4.02. The minimum Gasteiger partial charge on any atom is -0.326 e. The van der Waals surface area contributed by atoms with Crippen LogP contribution in [0, 0.1) is 5.82 Å². The summed E-state index contributed by atoms with van der Waals surface area (Å²) in [5.41, 5.74) is 7.17. The van der Waals surface area contributed by atoms with E-state index in [9.17, 15) is 4.39 Å². The lowest BCUT2D eigenvalue weighted by Crippen LogP contribution is -2.31. The predicted molar refractivity (Wildman–Crippen MR) is 77.2 cm³/mol. The maximum atomic E-state index is 14.0. The monoisotopic (exact) mass is 264 g/mol. The Bertz CT molecular complexity index is 398. The zero-order chi connectivity index (χ0) is 13.7. The molecule has 0 saturated heterocycles. The molecule has 2 nitrogen and oxygen atoms in total. The maximum Gasteiger partial charge on any atom is 0.128 e. The van der Waals surface area contributed by atoms with Crippen molar-refractivity contribution in [1.29, 1.82) is 0 Å². The van der Waals surface area contributed by atoms with Crippen molar-refractivity contribution in [3.8, 4) is 0 Å². The molecular weight excluding hydrogens is 239 g/mol. The van der Waals surface area contributed by atoms with E-state index in [0.717, 1.165) is 11.1 Å². The second-order valence-electron chi connectivity index (χ2n) is 5.69. The summed E-state index contributed by atoms with van der Waals surface area (Å²) in [5, 5.41) is 0. The standard InChI is InChI=1S/C16H25FN2/c1-19(15-6-4-2-3-5-7-15)12-14-9-8-13(11-18)10-16(14)17/h8-10,15H,2-7,11-12,18H2,1H3. The SMILES string of the molecule is CN(Cc1ccc(CN)cc1F)C1CCCCCC1. The van der Waals surface area contributed by atoms with E-state index in [4.69, 9.17) is 5.73 Å². The van der Waals surface area contributed by atoms with E-state index in [-0.39, 0.29) is 5.82 Å². The summed E-state index contributed by atoms with van der Waals surface area (Å²) in [6, 6.07) is 5.98. The summed E-state index contributed by atoms with van der Waals surface area (Å²) in [6.07, 6.45) is 7.82. The second-order valence-corrected chi connectivity index (χ2v) is 5.69. The molecule has 0 bridgehead atoms. The van der Waals surface area contributed by atoms with Crippen LogP contribution in [0.1, 0.15) is 49.7 Å². The van der Waals surface area contributed by atoms with Crippen LogP contribution < -0.4 is 5.73 Å². The third-order valence-electron chi connectivity index (χ3n) is 4.22. The van der Waals surface area contributed by atoms with Crippen molar-refractivity contribution in [2.75, 3.05) is 7.05 Å². The fourth-order valence-electron chi connectivity index (χ4n) is 2.94. The van der Waals surface area contributed by atoms with E-state index >= 15 is 0 Å². The molecule has 19 heavy (non-hydrogen) atoms. The Morgan fingerprint density at radius 2 is 1.89 bits per heavy atom. The normalized spacial score (nSPS) is 17.7. The fourth-order valence-corrected chi connectivity index (χ4v) is 2.94. The first kappa shape index (κ1) is 14.5. The molecule has 0 unspecified atom stereocenters. The van der Waals surface area contributed by atoms with Crippen molar-refractivity contribution >= 4 is 0 Å². The van der Waals surface area contributed by atoms with Gasteiger partial charge in [0.25, 0.3) is 0 Å². The third-order valence-corrected chi connectivity index (χ3v) is 4.22. The van der Waals surface area contributed by atoms with Crippen LogP contribution in [0.5, 0.6) is 0 Å². The van der Waals surface area contributed by atoms with E-state index in [0.29, 0.717) is 19.1 Å². The lowest BCUT2D eigenvalue weighted by molar-refractivity contribution is 0.210. The quantitative estimate of drug-likeness (QED) is 0.844. The predicted octanol–water partition coefficient (Wildman–Crippen LogP) is 3.44. The van der Waals surface area contributed by atoms with Crippen molar-refractivity contribution < 1.29 is 4.39 Å². The molecule has 0 aliphatic heterocycles. The van der Waals surface area contributed by atoms with Gasteiger partial charge in [-0.2, -0.15) is 0 Å². The van der Waals surface area contributed by atoms with Gasteiger partial charge in [0.15, 0.2) is 0 Å². The molecule has 3 heteroatoms. The highest BCUT2D eigenvalue weighted by molar-refractivity contribution is 5.24. The number of benzene rings is 1. The van der Waals surface area contributed by atoms with Gasteiger partial charge >= 0.3 is 0 Å². The zero-order valence-corrected chi connectivity index (χ0v) is 11.9. The Morgan fingerprint density at radius 3 is 2.47 bits per heavy atom. The van der Waals surface area contributed by atoms with E-state index in [1.165, 1.54) is 38.5 Å². The van der Waals surface area contributed by atoms with Crippen LogP contribution in [0.3, 0.4) is 0 Å². The van der Waals surface area contributed by atoms with Gasteiger partial charge in [-0.15, -0.1) is 0 Å². The molecule has 1 aromatic carbocycles. The molecule has 0 amide bonds. The second kappa shape index (κ2) is 7.01. The molecule has 0 spiro atoms. The molecule has 1 aliphatic rings. The molecule has 1 fully saturated rings. The first-order valence-electron chi connectivity index (χ1n) is 7.38. The van der Waals surface area contributed by atoms with Crippen LogP contribution in [0.25, 0.3) is 0 Å². The van der Waals surface area contributed by atoms with Crippen molar-refractivity contribution in [2.24, 2.45) is 5.73 Å². The Morgan fingerprint density at radius 1 is 1.21 bits per heavy atom. The van der Waals surface area contributed by atoms with Gasteiger partial charge in [0, 0.05) is 24.7 Å². The highest BCUT2D eigenvalue weighted by atomic mass is 19.1. The molecule has 0 atom stereocenters. The lowest BCUT2D eigenvalue weighted by atomic mass is 10.1. The van der Waals surface area contributed by atoms with Gasteiger partial charge in [-0.25, -0.2) is 4.39 Å². The van der Waals surface area contributed by atoms with Crippen LogP contribution in [0.15, 0.2) is 18.2 Å². The van der Waals surface area contributed by atoms with Crippen molar-refractivity contribution in [1.82, 2.24) is 4.90 Å². The first-order chi connectivity index (χ1) is 9.20. The van der Waals surface area contributed by atoms with E-state index in [2.05, 4.69) is 11.9 Å².